The number of aromatic amines is 1. The summed E-state index contributed by atoms with van der Waals surface area (Å²) in [6.45, 7) is 0. The Morgan fingerprint density at radius 1 is 1.25 bits per heavy atom. The molecule has 3 aliphatic rings. The van der Waals surface area contributed by atoms with Gasteiger partial charge in [-0.05, 0) is 67.3 Å². The third kappa shape index (κ3) is 1.24. The highest BCUT2D eigenvalue weighted by Gasteiger charge is 2.66. The highest BCUT2D eigenvalue weighted by atomic mass is 32.1. The van der Waals surface area contributed by atoms with Gasteiger partial charge in [0.25, 0.3) is 0 Å². The summed E-state index contributed by atoms with van der Waals surface area (Å²) in [5.41, 5.74) is 2.27. The zero-order valence-electron chi connectivity index (χ0n) is 11.5. The number of para-hydroxylation sites is 1. The van der Waals surface area contributed by atoms with E-state index in [9.17, 15) is 0 Å². The van der Waals surface area contributed by atoms with Crippen LogP contribution in [-0.2, 0) is 0 Å². The Hall–Kier alpha value is -1.29. The van der Waals surface area contributed by atoms with Gasteiger partial charge in [0, 0.05) is 6.04 Å². The van der Waals surface area contributed by atoms with Gasteiger partial charge < -0.3 is 14.3 Å². The molecule has 3 aliphatic carbocycles. The highest BCUT2D eigenvalue weighted by molar-refractivity contribution is 7.71. The zero-order valence-corrected chi connectivity index (χ0v) is 12.3. The van der Waals surface area contributed by atoms with Crippen LogP contribution in [0.5, 0.6) is 5.75 Å². The van der Waals surface area contributed by atoms with Gasteiger partial charge in [-0.1, -0.05) is 6.07 Å². The molecule has 0 aliphatic heterocycles. The maximum absolute atomic E-state index is 5.60. The van der Waals surface area contributed by atoms with Crippen molar-refractivity contribution in [1.82, 2.24) is 9.55 Å². The Labute approximate surface area is 122 Å². The number of imidazole rings is 1. The maximum atomic E-state index is 5.60. The number of aromatic nitrogens is 2. The predicted octanol–water partition coefficient (Wildman–Crippen LogP) is 3.92. The summed E-state index contributed by atoms with van der Waals surface area (Å²) in [6.07, 6.45) is 4.37. The van der Waals surface area contributed by atoms with Crippen molar-refractivity contribution in [3.63, 3.8) is 0 Å². The molecule has 2 bridgehead atoms. The molecule has 0 saturated heterocycles. The third-order valence-corrected chi connectivity index (χ3v) is 6.23. The number of rotatable bonds is 2. The van der Waals surface area contributed by atoms with E-state index < -0.39 is 0 Å². The van der Waals surface area contributed by atoms with Gasteiger partial charge in [0.15, 0.2) is 4.77 Å². The number of ether oxygens (including phenoxy) is 1. The van der Waals surface area contributed by atoms with E-state index in [1.165, 1.54) is 24.8 Å². The smallest absolute Gasteiger partial charge is 0.178 e. The summed E-state index contributed by atoms with van der Waals surface area (Å²) in [7, 11) is 1.72. The number of hydrogen-bond acceptors (Lipinski definition) is 2. The molecular formula is C16H18N2OS. The number of benzene rings is 1. The SMILES string of the molecule is COc1cccc2c1[nH]c(=S)n2C1C2C3CCC(C3)C21. The van der Waals surface area contributed by atoms with E-state index in [4.69, 9.17) is 17.0 Å². The molecule has 3 nitrogen and oxygen atoms in total. The van der Waals surface area contributed by atoms with Crippen LogP contribution >= 0.6 is 12.2 Å². The second-order valence-corrected chi connectivity index (χ2v) is 7.02. The summed E-state index contributed by atoms with van der Waals surface area (Å²) >= 11 is 5.60. The minimum Gasteiger partial charge on any atom is -0.494 e. The Bertz CT molecular complexity index is 745. The number of nitrogens with one attached hydrogen (secondary N) is 1. The lowest BCUT2D eigenvalue weighted by Gasteiger charge is -2.11. The van der Waals surface area contributed by atoms with Crippen LogP contribution in [0.2, 0.25) is 0 Å². The lowest BCUT2D eigenvalue weighted by Crippen LogP contribution is -2.04. The van der Waals surface area contributed by atoms with Crippen LogP contribution in [0.15, 0.2) is 18.2 Å². The second-order valence-electron chi connectivity index (χ2n) is 6.63. The van der Waals surface area contributed by atoms with E-state index >= 15 is 0 Å². The molecule has 1 aromatic carbocycles. The number of methoxy groups -OCH3 is 1. The van der Waals surface area contributed by atoms with Crippen molar-refractivity contribution in [3.8, 4) is 5.75 Å². The molecule has 5 rings (SSSR count). The van der Waals surface area contributed by atoms with Crippen molar-refractivity contribution >= 4 is 23.3 Å². The van der Waals surface area contributed by atoms with Crippen LogP contribution in [0.4, 0.5) is 0 Å². The molecule has 20 heavy (non-hydrogen) atoms. The van der Waals surface area contributed by atoms with Gasteiger partial charge in [0.1, 0.15) is 11.3 Å². The number of hydrogen-bond donors (Lipinski definition) is 1. The number of fused-ring (bicyclic) bond motifs is 6. The Morgan fingerprint density at radius 3 is 2.70 bits per heavy atom. The maximum Gasteiger partial charge on any atom is 0.178 e. The molecule has 4 unspecified atom stereocenters. The zero-order chi connectivity index (χ0) is 13.4. The van der Waals surface area contributed by atoms with Gasteiger partial charge in [-0.2, -0.15) is 0 Å². The van der Waals surface area contributed by atoms with Gasteiger partial charge in [-0.25, -0.2) is 0 Å². The van der Waals surface area contributed by atoms with E-state index in [0.29, 0.717) is 6.04 Å². The average molecular weight is 286 g/mol. The molecule has 1 aromatic heterocycles. The molecule has 4 heteroatoms. The average Bonchev–Trinajstić information content (AvgIpc) is 2.79. The van der Waals surface area contributed by atoms with Crippen LogP contribution in [0.1, 0.15) is 25.3 Å². The molecule has 3 fully saturated rings. The molecule has 104 valence electrons. The molecule has 3 saturated carbocycles. The quantitative estimate of drug-likeness (QED) is 0.848. The third-order valence-electron chi connectivity index (χ3n) is 5.93. The first-order chi connectivity index (χ1) is 9.79. The largest absolute Gasteiger partial charge is 0.494 e. The fourth-order valence-corrected chi connectivity index (χ4v) is 5.53. The van der Waals surface area contributed by atoms with Crippen molar-refractivity contribution in [2.45, 2.75) is 25.3 Å². The van der Waals surface area contributed by atoms with Crippen LogP contribution in [0.3, 0.4) is 0 Å². The van der Waals surface area contributed by atoms with Crippen molar-refractivity contribution in [1.29, 1.82) is 0 Å². The summed E-state index contributed by atoms with van der Waals surface area (Å²) in [5, 5.41) is 0. The molecule has 1 heterocycles. The molecule has 2 aromatic rings. The van der Waals surface area contributed by atoms with Crippen LogP contribution in [-0.4, -0.2) is 16.7 Å². The summed E-state index contributed by atoms with van der Waals surface area (Å²) in [4.78, 5) is 3.36. The number of nitrogens with zero attached hydrogens (tertiary/aromatic N) is 1. The standard InChI is InChI=1S/C16H18N2OS/c1-19-11-4-2-3-10-14(11)17-16(20)18(10)15-12-8-5-6-9(7-8)13(12)15/h2-4,8-9,12-13,15H,5-7H2,1H3,(H,17,20). The summed E-state index contributed by atoms with van der Waals surface area (Å²) in [6, 6.07) is 6.87. The van der Waals surface area contributed by atoms with Gasteiger partial charge >= 0.3 is 0 Å². The van der Waals surface area contributed by atoms with E-state index in [-0.39, 0.29) is 0 Å². The van der Waals surface area contributed by atoms with Gasteiger partial charge in [-0.3, -0.25) is 0 Å². The first kappa shape index (κ1) is 11.4. The predicted molar refractivity (Wildman–Crippen MR) is 80.5 cm³/mol. The monoisotopic (exact) mass is 286 g/mol. The minimum atomic E-state index is 0.648. The van der Waals surface area contributed by atoms with Crippen molar-refractivity contribution in [2.75, 3.05) is 7.11 Å². The van der Waals surface area contributed by atoms with E-state index in [1.807, 2.05) is 6.07 Å². The van der Waals surface area contributed by atoms with Gasteiger partial charge in [0.05, 0.1) is 12.6 Å². The summed E-state index contributed by atoms with van der Waals surface area (Å²) < 4.78 is 8.70. The Kier molecular flexibility index (Phi) is 2.09. The molecule has 0 radical (unpaired) electrons. The first-order valence-corrected chi connectivity index (χ1v) is 7.97. The normalized spacial score (nSPS) is 37.4. The van der Waals surface area contributed by atoms with E-state index in [0.717, 1.165) is 39.7 Å². The number of H-pyrrole nitrogens is 1. The fraction of sp³-hybridized carbons (Fsp3) is 0.562. The molecule has 0 spiro atoms. The lowest BCUT2D eigenvalue weighted by atomic mass is 10.0. The van der Waals surface area contributed by atoms with Crippen molar-refractivity contribution in [2.24, 2.45) is 23.7 Å². The topological polar surface area (TPSA) is 29.9 Å². The summed E-state index contributed by atoms with van der Waals surface area (Å²) in [5.74, 6) is 4.61. The fourth-order valence-electron chi connectivity index (χ4n) is 5.21. The lowest BCUT2D eigenvalue weighted by molar-refractivity contribution is 0.419. The first-order valence-electron chi connectivity index (χ1n) is 7.57. The Balaban J connectivity index is 1.67. The van der Waals surface area contributed by atoms with Crippen LogP contribution in [0, 0.1) is 28.4 Å². The highest BCUT2D eigenvalue weighted by Crippen LogP contribution is 2.71. The van der Waals surface area contributed by atoms with Crippen LogP contribution in [0.25, 0.3) is 11.0 Å². The Morgan fingerprint density at radius 2 is 2.00 bits per heavy atom. The molecule has 1 N–H and O–H groups in total. The van der Waals surface area contributed by atoms with Gasteiger partial charge in [0.2, 0.25) is 0 Å². The van der Waals surface area contributed by atoms with Crippen molar-refractivity contribution < 1.29 is 4.74 Å². The second kappa shape index (κ2) is 3.67. The molecule has 0 amide bonds. The van der Waals surface area contributed by atoms with E-state index in [2.05, 4.69) is 21.7 Å². The van der Waals surface area contributed by atoms with Crippen LogP contribution < -0.4 is 4.74 Å². The minimum absolute atomic E-state index is 0.648. The van der Waals surface area contributed by atoms with Crippen molar-refractivity contribution in [3.05, 3.63) is 23.0 Å². The molecular weight excluding hydrogens is 268 g/mol. The molecule has 4 atom stereocenters. The van der Waals surface area contributed by atoms with E-state index in [1.54, 1.807) is 7.11 Å². The van der Waals surface area contributed by atoms with Gasteiger partial charge in [-0.15, -0.1) is 0 Å².